The standard InChI is InChI=1S/C19H19N3O/c1-4-22(16-8-6-5-7-9-16)19(23)15-10-11-17-18(12-15)21-14(3)13(2)20-17/h5-12H,4H2,1-3H3. The summed E-state index contributed by atoms with van der Waals surface area (Å²) >= 11 is 0. The molecule has 116 valence electrons. The number of carbonyl (C=O) groups is 1. The van der Waals surface area contributed by atoms with Crippen molar-refractivity contribution in [3.05, 3.63) is 65.5 Å². The molecule has 0 aliphatic heterocycles. The fourth-order valence-electron chi connectivity index (χ4n) is 2.57. The zero-order chi connectivity index (χ0) is 16.4. The van der Waals surface area contributed by atoms with Gasteiger partial charge in [-0.2, -0.15) is 0 Å². The molecule has 0 radical (unpaired) electrons. The number of aryl methyl sites for hydroxylation is 2. The number of amides is 1. The Hall–Kier alpha value is -2.75. The van der Waals surface area contributed by atoms with Crippen LogP contribution in [-0.2, 0) is 0 Å². The van der Waals surface area contributed by atoms with Crippen molar-refractivity contribution in [2.75, 3.05) is 11.4 Å². The first-order valence-electron chi connectivity index (χ1n) is 7.72. The zero-order valence-electron chi connectivity index (χ0n) is 13.6. The molecular weight excluding hydrogens is 286 g/mol. The highest BCUT2D eigenvalue weighted by molar-refractivity contribution is 6.07. The molecule has 0 unspecified atom stereocenters. The Balaban J connectivity index is 2.01. The number of anilines is 1. The number of aromatic nitrogens is 2. The van der Waals surface area contributed by atoms with Gasteiger partial charge in [0.1, 0.15) is 0 Å². The van der Waals surface area contributed by atoms with E-state index in [0.29, 0.717) is 12.1 Å². The summed E-state index contributed by atoms with van der Waals surface area (Å²) in [4.78, 5) is 23.7. The number of hydrogen-bond donors (Lipinski definition) is 0. The third-order valence-electron chi connectivity index (χ3n) is 3.95. The molecule has 23 heavy (non-hydrogen) atoms. The van der Waals surface area contributed by atoms with E-state index in [1.165, 1.54) is 0 Å². The van der Waals surface area contributed by atoms with Crippen molar-refractivity contribution in [2.24, 2.45) is 0 Å². The highest BCUT2D eigenvalue weighted by Gasteiger charge is 2.16. The Bertz CT molecular complexity index is 859. The molecule has 1 amide bonds. The summed E-state index contributed by atoms with van der Waals surface area (Å²) in [6.07, 6.45) is 0. The highest BCUT2D eigenvalue weighted by Crippen LogP contribution is 2.19. The molecule has 1 aromatic heterocycles. The molecule has 0 aliphatic carbocycles. The van der Waals surface area contributed by atoms with Gasteiger partial charge in [-0.1, -0.05) is 18.2 Å². The molecule has 4 nitrogen and oxygen atoms in total. The zero-order valence-corrected chi connectivity index (χ0v) is 13.6. The van der Waals surface area contributed by atoms with Gasteiger partial charge in [0.2, 0.25) is 0 Å². The van der Waals surface area contributed by atoms with Gasteiger partial charge < -0.3 is 4.90 Å². The lowest BCUT2D eigenvalue weighted by Gasteiger charge is -2.21. The summed E-state index contributed by atoms with van der Waals surface area (Å²) < 4.78 is 0. The van der Waals surface area contributed by atoms with E-state index in [-0.39, 0.29) is 5.91 Å². The van der Waals surface area contributed by atoms with Gasteiger partial charge in [0, 0.05) is 17.8 Å². The molecule has 0 bridgehead atoms. The van der Waals surface area contributed by atoms with Crippen LogP contribution < -0.4 is 4.90 Å². The minimum Gasteiger partial charge on any atom is -0.309 e. The minimum absolute atomic E-state index is 0.0272. The number of hydrogen-bond acceptors (Lipinski definition) is 3. The molecule has 3 rings (SSSR count). The third-order valence-corrected chi connectivity index (χ3v) is 3.95. The fourth-order valence-corrected chi connectivity index (χ4v) is 2.57. The largest absolute Gasteiger partial charge is 0.309 e. The quantitative estimate of drug-likeness (QED) is 0.737. The summed E-state index contributed by atoms with van der Waals surface area (Å²) in [5, 5.41) is 0. The van der Waals surface area contributed by atoms with E-state index in [1.807, 2.05) is 69.3 Å². The molecular formula is C19H19N3O. The lowest BCUT2D eigenvalue weighted by Crippen LogP contribution is -2.30. The van der Waals surface area contributed by atoms with Crippen LogP contribution in [0.5, 0.6) is 0 Å². The Kier molecular flexibility index (Phi) is 4.06. The van der Waals surface area contributed by atoms with Crippen molar-refractivity contribution in [3.8, 4) is 0 Å². The predicted octanol–water partition coefficient (Wildman–Crippen LogP) is 3.91. The van der Waals surface area contributed by atoms with E-state index in [2.05, 4.69) is 9.97 Å². The summed E-state index contributed by atoms with van der Waals surface area (Å²) in [5.41, 5.74) is 4.89. The summed E-state index contributed by atoms with van der Waals surface area (Å²) in [6, 6.07) is 15.2. The maximum absolute atomic E-state index is 12.8. The number of para-hydroxylation sites is 1. The van der Waals surface area contributed by atoms with Crippen LogP contribution in [0.3, 0.4) is 0 Å². The normalized spacial score (nSPS) is 10.7. The van der Waals surface area contributed by atoms with Gasteiger partial charge in [-0.05, 0) is 51.1 Å². The van der Waals surface area contributed by atoms with E-state index < -0.39 is 0 Å². The average Bonchev–Trinajstić information content (AvgIpc) is 2.57. The lowest BCUT2D eigenvalue weighted by atomic mass is 10.1. The Morgan fingerprint density at radius 3 is 2.26 bits per heavy atom. The van der Waals surface area contributed by atoms with Crippen LogP contribution >= 0.6 is 0 Å². The van der Waals surface area contributed by atoms with Crippen LogP contribution in [0.4, 0.5) is 5.69 Å². The number of benzene rings is 2. The van der Waals surface area contributed by atoms with Crippen LogP contribution in [0, 0.1) is 13.8 Å². The van der Waals surface area contributed by atoms with Crippen molar-refractivity contribution in [1.29, 1.82) is 0 Å². The second-order valence-corrected chi connectivity index (χ2v) is 5.48. The first-order valence-corrected chi connectivity index (χ1v) is 7.72. The molecule has 4 heteroatoms. The molecule has 0 fully saturated rings. The van der Waals surface area contributed by atoms with Crippen LogP contribution in [0.25, 0.3) is 11.0 Å². The van der Waals surface area contributed by atoms with Gasteiger partial charge in [-0.15, -0.1) is 0 Å². The van der Waals surface area contributed by atoms with Crippen molar-refractivity contribution in [3.63, 3.8) is 0 Å². The molecule has 0 spiro atoms. The maximum atomic E-state index is 12.8. The topological polar surface area (TPSA) is 46.1 Å². The van der Waals surface area contributed by atoms with Gasteiger partial charge in [-0.25, -0.2) is 9.97 Å². The SMILES string of the molecule is CCN(C(=O)c1ccc2nc(C)c(C)nc2c1)c1ccccc1. The van der Waals surface area contributed by atoms with Crippen LogP contribution in [-0.4, -0.2) is 22.4 Å². The number of nitrogens with zero attached hydrogens (tertiary/aromatic N) is 3. The van der Waals surface area contributed by atoms with Crippen LogP contribution in [0.15, 0.2) is 48.5 Å². The summed E-state index contributed by atoms with van der Waals surface area (Å²) in [5.74, 6) is -0.0272. The molecule has 0 atom stereocenters. The fraction of sp³-hybridized carbons (Fsp3) is 0.211. The van der Waals surface area contributed by atoms with Gasteiger partial charge in [0.15, 0.2) is 0 Å². The second kappa shape index (κ2) is 6.16. The molecule has 0 N–H and O–H groups in total. The minimum atomic E-state index is -0.0272. The Morgan fingerprint density at radius 2 is 1.61 bits per heavy atom. The van der Waals surface area contributed by atoms with E-state index in [9.17, 15) is 4.79 Å². The second-order valence-electron chi connectivity index (χ2n) is 5.48. The van der Waals surface area contributed by atoms with Gasteiger partial charge >= 0.3 is 0 Å². The first-order chi connectivity index (χ1) is 11.1. The maximum Gasteiger partial charge on any atom is 0.258 e. The van der Waals surface area contributed by atoms with Gasteiger partial charge in [0.25, 0.3) is 5.91 Å². The predicted molar refractivity (Wildman–Crippen MR) is 92.8 cm³/mol. The molecule has 0 saturated carbocycles. The average molecular weight is 305 g/mol. The molecule has 2 aromatic carbocycles. The first kappa shape index (κ1) is 15.2. The van der Waals surface area contributed by atoms with E-state index in [4.69, 9.17) is 0 Å². The van der Waals surface area contributed by atoms with Crippen molar-refractivity contribution in [2.45, 2.75) is 20.8 Å². The third kappa shape index (κ3) is 2.93. The Labute approximate surface area is 135 Å². The lowest BCUT2D eigenvalue weighted by molar-refractivity contribution is 0.0988. The van der Waals surface area contributed by atoms with E-state index in [1.54, 1.807) is 4.90 Å². The van der Waals surface area contributed by atoms with Gasteiger partial charge in [0.05, 0.1) is 22.4 Å². The van der Waals surface area contributed by atoms with Crippen LogP contribution in [0.1, 0.15) is 28.7 Å². The number of rotatable bonds is 3. The molecule has 3 aromatic rings. The van der Waals surface area contributed by atoms with Crippen molar-refractivity contribution >= 4 is 22.6 Å². The summed E-state index contributed by atoms with van der Waals surface area (Å²) in [6.45, 7) is 6.45. The van der Waals surface area contributed by atoms with Crippen molar-refractivity contribution < 1.29 is 4.79 Å². The van der Waals surface area contributed by atoms with E-state index >= 15 is 0 Å². The van der Waals surface area contributed by atoms with E-state index in [0.717, 1.165) is 28.1 Å². The summed E-state index contributed by atoms with van der Waals surface area (Å²) in [7, 11) is 0. The Morgan fingerprint density at radius 1 is 0.957 bits per heavy atom. The molecule has 1 heterocycles. The number of carbonyl (C=O) groups excluding carboxylic acids is 1. The number of fused-ring (bicyclic) bond motifs is 1. The molecule has 0 saturated heterocycles. The smallest absolute Gasteiger partial charge is 0.258 e. The van der Waals surface area contributed by atoms with Crippen LogP contribution in [0.2, 0.25) is 0 Å². The van der Waals surface area contributed by atoms with Gasteiger partial charge in [-0.3, -0.25) is 4.79 Å². The van der Waals surface area contributed by atoms with Crippen molar-refractivity contribution in [1.82, 2.24) is 9.97 Å². The highest BCUT2D eigenvalue weighted by atomic mass is 16.2. The molecule has 0 aliphatic rings. The monoisotopic (exact) mass is 305 g/mol.